The van der Waals surface area contributed by atoms with Crippen molar-refractivity contribution < 1.29 is 8.78 Å². The van der Waals surface area contributed by atoms with Crippen molar-refractivity contribution in [1.82, 2.24) is 20.0 Å². The van der Waals surface area contributed by atoms with Crippen LogP contribution in [0.25, 0.3) is 5.65 Å². The van der Waals surface area contributed by atoms with E-state index in [0.29, 0.717) is 19.0 Å². The lowest BCUT2D eigenvalue weighted by molar-refractivity contribution is 0.585. The van der Waals surface area contributed by atoms with E-state index in [-0.39, 0.29) is 12.1 Å². The molecule has 0 aliphatic rings. The second-order valence-electron chi connectivity index (χ2n) is 5.63. The van der Waals surface area contributed by atoms with Crippen LogP contribution in [0.2, 0.25) is 0 Å². The Morgan fingerprint density at radius 3 is 2.85 bits per heavy atom. The lowest BCUT2D eigenvalue weighted by atomic mass is 10.2. The van der Waals surface area contributed by atoms with Crippen molar-refractivity contribution in [2.75, 3.05) is 6.54 Å². The molecule has 5 nitrogen and oxygen atoms in total. The number of hydrogen-bond acceptors (Lipinski definition) is 2. The van der Waals surface area contributed by atoms with Crippen molar-refractivity contribution in [3.8, 4) is 0 Å². The largest absolute Gasteiger partial charge is 0.357 e. The van der Waals surface area contributed by atoms with Crippen LogP contribution >= 0.6 is 15.9 Å². The first-order valence-corrected chi connectivity index (χ1v) is 8.93. The minimum absolute atomic E-state index is 0.0387. The molecule has 3 aromatic rings. The van der Waals surface area contributed by atoms with E-state index in [4.69, 9.17) is 0 Å². The van der Waals surface area contributed by atoms with Gasteiger partial charge in [0.2, 0.25) is 0 Å². The summed E-state index contributed by atoms with van der Waals surface area (Å²) in [6.07, 6.45) is 3.85. The Morgan fingerprint density at radius 1 is 1.19 bits per heavy atom. The molecule has 2 aromatic heterocycles. The summed E-state index contributed by atoms with van der Waals surface area (Å²) in [4.78, 5) is 8.83. The first kappa shape index (κ1) is 18.3. The molecule has 0 saturated carbocycles. The number of hydrogen-bond donors (Lipinski definition) is 2. The number of halogens is 3. The third-order valence-corrected chi connectivity index (χ3v) is 4.13. The van der Waals surface area contributed by atoms with Crippen LogP contribution in [0.15, 0.2) is 52.2 Å². The SMILES string of the molecule is CCNC(=NCc1cc(F)ccc1F)NCc1cn2cc(Br)ccc2n1. The van der Waals surface area contributed by atoms with Crippen LogP contribution in [0, 0.1) is 11.6 Å². The summed E-state index contributed by atoms with van der Waals surface area (Å²) >= 11 is 3.43. The van der Waals surface area contributed by atoms with E-state index in [1.165, 1.54) is 0 Å². The first-order chi connectivity index (χ1) is 12.5. The molecule has 0 spiro atoms. The fourth-order valence-corrected chi connectivity index (χ4v) is 2.80. The number of nitrogens with one attached hydrogen (secondary N) is 2. The van der Waals surface area contributed by atoms with Crippen LogP contribution in [0.3, 0.4) is 0 Å². The average Bonchev–Trinajstić information content (AvgIpc) is 3.02. The number of imidazole rings is 1. The number of guanidine groups is 1. The quantitative estimate of drug-likeness (QED) is 0.488. The van der Waals surface area contributed by atoms with E-state index < -0.39 is 11.6 Å². The Balaban J connectivity index is 1.69. The Morgan fingerprint density at radius 2 is 2.04 bits per heavy atom. The normalized spacial score (nSPS) is 11.8. The molecule has 2 heterocycles. The summed E-state index contributed by atoms with van der Waals surface area (Å²) in [5.41, 5.74) is 1.89. The zero-order valence-corrected chi connectivity index (χ0v) is 15.7. The van der Waals surface area contributed by atoms with Gasteiger partial charge in [-0.2, -0.15) is 0 Å². The molecule has 0 saturated heterocycles. The number of nitrogens with zero attached hydrogens (tertiary/aromatic N) is 3. The maximum atomic E-state index is 13.7. The number of benzene rings is 1. The highest BCUT2D eigenvalue weighted by Gasteiger charge is 2.06. The first-order valence-electron chi connectivity index (χ1n) is 8.14. The molecule has 2 N–H and O–H groups in total. The molecule has 0 bridgehead atoms. The lowest BCUT2D eigenvalue weighted by Crippen LogP contribution is -2.36. The number of fused-ring (bicyclic) bond motifs is 1. The third kappa shape index (κ3) is 4.57. The van der Waals surface area contributed by atoms with Gasteiger partial charge in [0.1, 0.15) is 17.3 Å². The summed E-state index contributed by atoms with van der Waals surface area (Å²) in [5, 5.41) is 6.23. The fourth-order valence-electron chi connectivity index (χ4n) is 2.45. The van der Waals surface area contributed by atoms with Gasteiger partial charge in [-0.15, -0.1) is 0 Å². The second kappa shape index (κ2) is 8.27. The molecule has 26 heavy (non-hydrogen) atoms. The van der Waals surface area contributed by atoms with E-state index in [0.717, 1.165) is 34.0 Å². The molecule has 0 radical (unpaired) electrons. The molecule has 0 atom stereocenters. The van der Waals surface area contributed by atoms with Gasteiger partial charge in [-0.3, -0.25) is 0 Å². The predicted octanol–water partition coefficient (Wildman–Crippen LogP) is 3.63. The van der Waals surface area contributed by atoms with Gasteiger partial charge in [0.05, 0.1) is 18.8 Å². The molecule has 0 aliphatic carbocycles. The highest BCUT2D eigenvalue weighted by molar-refractivity contribution is 9.10. The van der Waals surface area contributed by atoms with E-state index in [9.17, 15) is 8.78 Å². The van der Waals surface area contributed by atoms with E-state index in [1.807, 2.05) is 35.9 Å². The number of aromatic nitrogens is 2. The molecular weight excluding hydrogens is 404 g/mol. The van der Waals surface area contributed by atoms with Crippen LogP contribution in [-0.2, 0) is 13.1 Å². The average molecular weight is 422 g/mol. The van der Waals surface area contributed by atoms with Crippen molar-refractivity contribution in [3.05, 3.63) is 70.1 Å². The highest BCUT2D eigenvalue weighted by atomic mass is 79.9. The summed E-state index contributed by atoms with van der Waals surface area (Å²) < 4.78 is 29.9. The van der Waals surface area contributed by atoms with Crippen LogP contribution in [0.1, 0.15) is 18.2 Å². The van der Waals surface area contributed by atoms with Crippen molar-refractivity contribution >= 4 is 27.5 Å². The van der Waals surface area contributed by atoms with E-state index in [1.54, 1.807) is 0 Å². The fraction of sp³-hybridized carbons (Fsp3) is 0.222. The Hall–Kier alpha value is -2.48. The second-order valence-corrected chi connectivity index (χ2v) is 6.55. The Labute approximate surface area is 158 Å². The van der Waals surface area contributed by atoms with Crippen LogP contribution in [0.5, 0.6) is 0 Å². The summed E-state index contributed by atoms with van der Waals surface area (Å²) in [5.74, 6) is -0.447. The van der Waals surface area contributed by atoms with Gasteiger partial charge in [-0.05, 0) is 53.2 Å². The van der Waals surface area contributed by atoms with E-state index >= 15 is 0 Å². The van der Waals surface area contributed by atoms with Crippen molar-refractivity contribution in [1.29, 1.82) is 0 Å². The Kier molecular flexibility index (Phi) is 5.82. The van der Waals surface area contributed by atoms with Gasteiger partial charge in [0.25, 0.3) is 0 Å². The summed E-state index contributed by atoms with van der Waals surface area (Å²) in [6.45, 7) is 3.08. The third-order valence-electron chi connectivity index (χ3n) is 3.66. The molecule has 136 valence electrons. The molecule has 1 aromatic carbocycles. The molecule has 0 unspecified atom stereocenters. The van der Waals surface area contributed by atoms with Gasteiger partial charge in [0, 0.05) is 29.0 Å². The Bertz CT molecular complexity index is 938. The van der Waals surface area contributed by atoms with Crippen molar-refractivity contribution in [2.45, 2.75) is 20.0 Å². The zero-order valence-electron chi connectivity index (χ0n) is 14.1. The molecule has 3 rings (SSSR count). The number of rotatable bonds is 5. The standard InChI is InChI=1S/C18H18BrF2N5/c1-2-22-18(23-8-12-7-14(20)4-5-16(12)21)24-9-15-11-26-10-13(19)3-6-17(26)25-15/h3-7,10-11H,2,8-9H2,1H3,(H2,22,23,24). The van der Waals surface area contributed by atoms with Gasteiger partial charge >= 0.3 is 0 Å². The molecular formula is C18H18BrF2N5. The minimum Gasteiger partial charge on any atom is -0.357 e. The van der Waals surface area contributed by atoms with Gasteiger partial charge < -0.3 is 15.0 Å². The topological polar surface area (TPSA) is 53.7 Å². The van der Waals surface area contributed by atoms with Gasteiger partial charge in [0.15, 0.2) is 5.96 Å². The van der Waals surface area contributed by atoms with Crippen molar-refractivity contribution in [2.24, 2.45) is 4.99 Å². The van der Waals surface area contributed by atoms with Crippen LogP contribution < -0.4 is 10.6 Å². The lowest BCUT2D eigenvalue weighted by Gasteiger charge is -2.10. The van der Waals surface area contributed by atoms with Gasteiger partial charge in [-0.1, -0.05) is 0 Å². The summed E-state index contributed by atoms with van der Waals surface area (Å²) in [6, 6.07) is 7.20. The van der Waals surface area contributed by atoms with Crippen LogP contribution in [0.4, 0.5) is 8.78 Å². The predicted molar refractivity (Wildman–Crippen MR) is 101 cm³/mol. The molecule has 0 aliphatic heterocycles. The van der Waals surface area contributed by atoms with Crippen molar-refractivity contribution in [3.63, 3.8) is 0 Å². The van der Waals surface area contributed by atoms with E-state index in [2.05, 4.69) is 36.5 Å². The molecule has 8 heteroatoms. The maximum absolute atomic E-state index is 13.7. The smallest absolute Gasteiger partial charge is 0.191 e. The van der Waals surface area contributed by atoms with Gasteiger partial charge in [-0.25, -0.2) is 18.8 Å². The maximum Gasteiger partial charge on any atom is 0.191 e. The molecule has 0 amide bonds. The number of pyridine rings is 1. The zero-order chi connectivity index (χ0) is 18.5. The minimum atomic E-state index is -0.481. The summed E-state index contributed by atoms with van der Waals surface area (Å²) in [7, 11) is 0. The number of aliphatic imine (C=N–C) groups is 1. The van der Waals surface area contributed by atoms with Crippen LogP contribution in [-0.4, -0.2) is 21.9 Å². The monoisotopic (exact) mass is 421 g/mol. The highest BCUT2D eigenvalue weighted by Crippen LogP contribution is 2.13. The molecule has 0 fully saturated rings.